The zero-order valence-corrected chi connectivity index (χ0v) is 9.00. The molecule has 0 N–H and O–H groups in total. The van der Waals surface area contributed by atoms with Crippen molar-refractivity contribution in [2.24, 2.45) is 0 Å². The Labute approximate surface area is 94.3 Å². The third kappa shape index (κ3) is 2.45. The van der Waals surface area contributed by atoms with E-state index in [1.54, 1.807) is 18.5 Å². The fourth-order valence-corrected chi connectivity index (χ4v) is 1.33. The maximum atomic E-state index is 11.8. The van der Waals surface area contributed by atoms with Crippen LogP contribution >= 0.6 is 0 Å². The second-order valence-electron chi connectivity index (χ2n) is 3.54. The van der Waals surface area contributed by atoms with Gasteiger partial charge in [0.15, 0.2) is 6.20 Å². The molecule has 0 fully saturated rings. The highest BCUT2D eigenvalue weighted by Gasteiger charge is 1.96. The summed E-state index contributed by atoms with van der Waals surface area (Å²) in [6.45, 7) is 1.99. The standard InChI is InChI=1S/C13H12N2O/c1-11-4-6-12(7-5-11)13(16)10-15-9-3-2-8-14-15/h2-10H,1H3. The zero-order valence-electron chi connectivity index (χ0n) is 9.00. The second-order valence-corrected chi connectivity index (χ2v) is 3.54. The normalized spacial score (nSPS) is 11.4. The van der Waals surface area contributed by atoms with Gasteiger partial charge in [0.25, 0.3) is 0 Å². The van der Waals surface area contributed by atoms with Crippen molar-refractivity contribution >= 4 is 12.0 Å². The Hall–Kier alpha value is -2.16. The maximum absolute atomic E-state index is 11.8. The summed E-state index contributed by atoms with van der Waals surface area (Å²) in [5.41, 5.74) is 1.81. The van der Waals surface area contributed by atoms with E-state index >= 15 is 0 Å². The minimum Gasteiger partial charge on any atom is -0.868 e. The highest BCUT2D eigenvalue weighted by molar-refractivity contribution is 5.64. The molecule has 0 bridgehead atoms. The van der Waals surface area contributed by atoms with Gasteiger partial charge in [0, 0.05) is 6.07 Å². The van der Waals surface area contributed by atoms with Crippen molar-refractivity contribution in [2.45, 2.75) is 6.92 Å². The molecule has 1 aromatic carbocycles. The zero-order chi connectivity index (χ0) is 11.4. The van der Waals surface area contributed by atoms with Gasteiger partial charge in [-0.3, -0.25) is 0 Å². The molecule has 0 radical (unpaired) electrons. The van der Waals surface area contributed by atoms with Gasteiger partial charge in [0.2, 0.25) is 6.20 Å². The summed E-state index contributed by atoms with van der Waals surface area (Å²) >= 11 is 0. The van der Waals surface area contributed by atoms with Crippen molar-refractivity contribution in [2.75, 3.05) is 0 Å². The van der Waals surface area contributed by atoms with Crippen molar-refractivity contribution in [3.8, 4) is 0 Å². The fourth-order valence-electron chi connectivity index (χ4n) is 1.33. The number of hydrogen-bond acceptors (Lipinski definition) is 2. The fraction of sp³-hybridized carbons (Fsp3) is 0.0769. The minimum atomic E-state index is -0.0521. The van der Waals surface area contributed by atoms with E-state index in [0.717, 1.165) is 5.56 Å². The lowest BCUT2D eigenvalue weighted by atomic mass is 10.1. The Kier molecular flexibility index (Phi) is 2.96. The van der Waals surface area contributed by atoms with Gasteiger partial charge < -0.3 is 5.11 Å². The summed E-state index contributed by atoms with van der Waals surface area (Å²) in [6, 6.07) is 11.1. The molecule has 2 aromatic rings. The number of rotatable bonds is 2. The van der Waals surface area contributed by atoms with Crippen LogP contribution in [0, 0.1) is 6.92 Å². The van der Waals surface area contributed by atoms with Gasteiger partial charge >= 0.3 is 0 Å². The van der Waals surface area contributed by atoms with E-state index in [1.165, 1.54) is 10.9 Å². The van der Waals surface area contributed by atoms with E-state index in [2.05, 4.69) is 5.10 Å². The van der Waals surface area contributed by atoms with Crippen LogP contribution in [-0.4, -0.2) is 5.10 Å². The lowest BCUT2D eigenvalue weighted by molar-refractivity contribution is -0.635. The molecule has 0 aliphatic heterocycles. The quantitative estimate of drug-likeness (QED) is 0.550. The number of hydrogen-bond donors (Lipinski definition) is 0. The van der Waals surface area contributed by atoms with E-state index in [9.17, 15) is 5.11 Å². The largest absolute Gasteiger partial charge is 0.868 e. The van der Waals surface area contributed by atoms with Crippen LogP contribution in [0.5, 0.6) is 0 Å². The summed E-state index contributed by atoms with van der Waals surface area (Å²) in [5, 5.41) is 15.8. The molecule has 0 spiro atoms. The van der Waals surface area contributed by atoms with Crippen molar-refractivity contribution in [1.29, 1.82) is 0 Å². The van der Waals surface area contributed by atoms with Crippen LogP contribution in [0.15, 0.2) is 48.8 Å². The predicted octanol–water partition coefficient (Wildman–Crippen LogP) is 0.993. The smallest absolute Gasteiger partial charge is 0.202 e. The molecule has 80 valence electrons. The van der Waals surface area contributed by atoms with Gasteiger partial charge in [-0.15, -0.1) is 0 Å². The van der Waals surface area contributed by atoms with E-state index in [1.807, 2.05) is 37.3 Å². The van der Waals surface area contributed by atoms with Crippen LogP contribution in [0.1, 0.15) is 11.1 Å². The summed E-state index contributed by atoms with van der Waals surface area (Å²) in [7, 11) is 0. The maximum Gasteiger partial charge on any atom is 0.202 e. The van der Waals surface area contributed by atoms with Gasteiger partial charge in [0.1, 0.15) is 0 Å². The summed E-state index contributed by atoms with van der Waals surface area (Å²) in [4.78, 5) is 0. The van der Waals surface area contributed by atoms with Gasteiger partial charge in [-0.1, -0.05) is 34.5 Å². The molecule has 3 nitrogen and oxygen atoms in total. The van der Waals surface area contributed by atoms with Gasteiger partial charge in [-0.25, -0.2) is 0 Å². The Balaban J connectivity index is 2.28. The highest BCUT2D eigenvalue weighted by atomic mass is 16.3. The predicted molar refractivity (Wildman–Crippen MR) is 59.8 cm³/mol. The molecule has 0 saturated carbocycles. The first-order valence-electron chi connectivity index (χ1n) is 5.04. The van der Waals surface area contributed by atoms with Crippen molar-refractivity contribution in [3.63, 3.8) is 0 Å². The molecule has 0 atom stereocenters. The molecular formula is C13H12N2O. The Morgan fingerprint density at radius 1 is 1.25 bits per heavy atom. The Morgan fingerprint density at radius 3 is 2.62 bits per heavy atom. The first kappa shape index (κ1) is 10.4. The van der Waals surface area contributed by atoms with E-state index in [0.29, 0.717) is 5.56 Å². The molecule has 0 unspecified atom stereocenters. The average Bonchev–Trinajstić information content (AvgIpc) is 2.31. The first-order valence-corrected chi connectivity index (χ1v) is 5.04. The lowest BCUT2D eigenvalue weighted by Gasteiger charge is -2.08. The van der Waals surface area contributed by atoms with E-state index < -0.39 is 0 Å². The van der Waals surface area contributed by atoms with Gasteiger partial charge in [-0.05, 0) is 29.4 Å². The highest BCUT2D eigenvalue weighted by Crippen LogP contribution is 2.08. The molecule has 3 heteroatoms. The molecular weight excluding hydrogens is 200 g/mol. The molecule has 2 rings (SSSR count). The molecule has 1 heterocycles. The van der Waals surface area contributed by atoms with Crippen LogP contribution in [0.25, 0.3) is 12.0 Å². The molecule has 16 heavy (non-hydrogen) atoms. The average molecular weight is 212 g/mol. The number of aromatic nitrogens is 2. The van der Waals surface area contributed by atoms with Crippen LogP contribution < -0.4 is 9.79 Å². The van der Waals surface area contributed by atoms with E-state index in [4.69, 9.17) is 0 Å². The third-order valence-corrected chi connectivity index (χ3v) is 2.22. The number of nitrogens with zero attached hydrogens (tertiary/aromatic N) is 2. The molecule has 1 aromatic heterocycles. The Morgan fingerprint density at radius 2 is 2.00 bits per heavy atom. The monoisotopic (exact) mass is 212 g/mol. The van der Waals surface area contributed by atoms with E-state index in [-0.39, 0.29) is 5.76 Å². The van der Waals surface area contributed by atoms with Gasteiger partial charge in [-0.2, -0.15) is 0 Å². The summed E-state index contributed by atoms with van der Waals surface area (Å²) in [5.74, 6) is -0.0521. The van der Waals surface area contributed by atoms with Crippen LogP contribution in [0.4, 0.5) is 0 Å². The van der Waals surface area contributed by atoms with Crippen LogP contribution in [0.3, 0.4) is 0 Å². The SMILES string of the molecule is Cc1ccc(/C([O-])=C/[n+]2ccccn2)cc1. The minimum absolute atomic E-state index is 0.0521. The first-order chi connectivity index (χ1) is 7.75. The van der Waals surface area contributed by atoms with Crippen molar-refractivity contribution < 1.29 is 9.79 Å². The summed E-state index contributed by atoms with van der Waals surface area (Å²) < 4.78 is 1.50. The van der Waals surface area contributed by atoms with Crippen LogP contribution in [0.2, 0.25) is 0 Å². The van der Waals surface area contributed by atoms with Crippen molar-refractivity contribution in [1.82, 2.24) is 5.10 Å². The molecule has 0 amide bonds. The molecule has 0 saturated heterocycles. The lowest BCUT2D eigenvalue weighted by Crippen LogP contribution is -2.31. The van der Waals surface area contributed by atoms with Crippen LogP contribution in [-0.2, 0) is 0 Å². The molecule has 0 aliphatic carbocycles. The second kappa shape index (κ2) is 4.57. The van der Waals surface area contributed by atoms with Crippen molar-refractivity contribution in [3.05, 3.63) is 59.9 Å². The van der Waals surface area contributed by atoms with Gasteiger partial charge in [0.05, 0.1) is 6.20 Å². The topological polar surface area (TPSA) is 39.8 Å². The third-order valence-electron chi connectivity index (χ3n) is 2.22. The molecule has 0 aliphatic rings. The summed E-state index contributed by atoms with van der Waals surface area (Å²) in [6.07, 6.45) is 4.83. The number of benzene rings is 1. The Bertz CT molecular complexity index is 489. The number of aryl methyl sites for hydroxylation is 1.